The largest absolute Gasteiger partial charge is 0.354 e. The van der Waals surface area contributed by atoms with Crippen molar-refractivity contribution in [2.75, 3.05) is 29.9 Å². The number of halogens is 3. The molecule has 4 aliphatic rings. The normalized spacial score (nSPS) is 23.2. The molecule has 1 saturated heterocycles. The number of hydrogen-bond acceptors (Lipinski definition) is 5. The second kappa shape index (κ2) is 8.80. The molecule has 0 unspecified atom stereocenters. The zero-order chi connectivity index (χ0) is 21.8. The number of carbonyl (C=O) groups is 1. The average molecular weight is 500 g/mol. The highest BCUT2D eigenvalue weighted by atomic mass is 35.5. The number of sulfone groups is 1. The lowest BCUT2D eigenvalue weighted by Crippen LogP contribution is -2.44. The average Bonchev–Trinajstić information content (AvgIpc) is 2.77. The van der Waals surface area contributed by atoms with Gasteiger partial charge < -0.3 is 10.2 Å². The van der Waals surface area contributed by atoms with Crippen LogP contribution in [0.2, 0.25) is 5.02 Å². The van der Waals surface area contributed by atoms with Crippen molar-refractivity contribution < 1.29 is 17.6 Å². The van der Waals surface area contributed by atoms with Gasteiger partial charge in [0.25, 0.3) is 5.91 Å². The number of pyridine rings is 1. The predicted octanol–water partition coefficient (Wildman–Crippen LogP) is 4.66. The van der Waals surface area contributed by atoms with Crippen LogP contribution in [0.4, 0.5) is 15.8 Å². The Morgan fingerprint density at radius 1 is 1.09 bits per heavy atom. The van der Waals surface area contributed by atoms with E-state index in [9.17, 15) is 17.6 Å². The molecule has 6 nitrogen and oxygen atoms in total. The van der Waals surface area contributed by atoms with Crippen LogP contribution in [0.5, 0.6) is 0 Å². The van der Waals surface area contributed by atoms with Gasteiger partial charge >= 0.3 is 0 Å². The molecule has 0 spiro atoms. The molecular weight excluding hydrogens is 476 g/mol. The minimum Gasteiger partial charge on any atom is -0.354 e. The highest BCUT2D eigenvalue weighted by Crippen LogP contribution is 2.53. The smallest absolute Gasteiger partial charge is 0.272 e. The van der Waals surface area contributed by atoms with Gasteiger partial charge in [-0.25, -0.2) is 17.8 Å². The fraction of sp³-hybridized carbons (Fsp3) is 0.455. The van der Waals surface area contributed by atoms with E-state index in [4.69, 9.17) is 11.6 Å². The molecule has 1 amide bonds. The molecule has 0 radical (unpaired) electrons. The number of rotatable bonds is 3. The van der Waals surface area contributed by atoms with Gasteiger partial charge in [0.1, 0.15) is 11.5 Å². The molecular formula is C22H24Cl2FN3O3S. The van der Waals surface area contributed by atoms with Crippen LogP contribution in [0.15, 0.2) is 24.4 Å². The molecule has 2 heterocycles. The highest BCUT2D eigenvalue weighted by Gasteiger charge is 2.39. The Bertz CT molecular complexity index is 1150. The minimum atomic E-state index is -3.07. The number of hydrogen-bond donors (Lipinski definition) is 1. The first-order chi connectivity index (χ1) is 14.8. The van der Waals surface area contributed by atoms with Gasteiger partial charge in [0.2, 0.25) is 0 Å². The lowest BCUT2D eigenvalue weighted by molar-refractivity contribution is 0.0761. The van der Waals surface area contributed by atoms with Gasteiger partial charge in [-0.05, 0) is 66.8 Å². The Hall–Kier alpha value is -1.90. The monoisotopic (exact) mass is 499 g/mol. The summed E-state index contributed by atoms with van der Waals surface area (Å²) in [6, 6.07) is 4.48. The van der Waals surface area contributed by atoms with E-state index in [1.165, 1.54) is 12.1 Å². The molecule has 172 valence electrons. The first kappa shape index (κ1) is 23.3. The van der Waals surface area contributed by atoms with Crippen LogP contribution in [-0.2, 0) is 9.84 Å². The third kappa shape index (κ3) is 4.20. The third-order valence-electron chi connectivity index (χ3n) is 6.73. The Labute approximate surface area is 197 Å². The number of nitrogens with one attached hydrogen (secondary N) is 1. The van der Waals surface area contributed by atoms with E-state index in [2.05, 4.69) is 10.3 Å². The molecule has 1 N–H and O–H groups in total. The fourth-order valence-corrected chi connectivity index (χ4v) is 6.51. The minimum absolute atomic E-state index is 0. The number of benzene rings is 1. The van der Waals surface area contributed by atoms with Crippen LogP contribution in [0.25, 0.3) is 0 Å². The van der Waals surface area contributed by atoms with Gasteiger partial charge in [-0.1, -0.05) is 11.6 Å². The van der Waals surface area contributed by atoms with E-state index in [0.29, 0.717) is 17.3 Å². The molecule has 2 aromatic rings. The molecule has 1 aliphatic heterocycles. The summed E-state index contributed by atoms with van der Waals surface area (Å²) >= 11 is 5.94. The maximum absolute atomic E-state index is 13.5. The van der Waals surface area contributed by atoms with Crippen molar-refractivity contribution in [1.82, 2.24) is 9.88 Å². The standard InChI is InChI=1S/C22H23ClFN3O3S.ClH/c23-16-11-15(5-6-17(16)24)26-18-12-25-21(20-14-3-1-13(2-4-14)19(18)20)22(28)27-7-9-31(29,30)10-8-27;/h5-6,11-14,26H,1-4,7-10H2;1H. The molecule has 32 heavy (non-hydrogen) atoms. The highest BCUT2D eigenvalue weighted by molar-refractivity contribution is 7.91. The zero-order valence-electron chi connectivity index (χ0n) is 17.3. The molecule has 2 fully saturated rings. The molecule has 2 bridgehead atoms. The van der Waals surface area contributed by atoms with Gasteiger partial charge in [-0.2, -0.15) is 0 Å². The van der Waals surface area contributed by atoms with Crippen molar-refractivity contribution in [3.63, 3.8) is 0 Å². The molecule has 3 aliphatic carbocycles. The van der Waals surface area contributed by atoms with Crippen LogP contribution < -0.4 is 5.32 Å². The van der Waals surface area contributed by atoms with Crippen molar-refractivity contribution in [1.29, 1.82) is 0 Å². The van der Waals surface area contributed by atoms with Crippen molar-refractivity contribution in [3.8, 4) is 0 Å². The quantitative estimate of drug-likeness (QED) is 0.663. The number of anilines is 2. The summed E-state index contributed by atoms with van der Waals surface area (Å²) in [5.41, 5.74) is 4.05. The Balaban J connectivity index is 0.00000245. The van der Waals surface area contributed by atoms with E-state index >= 15 is 0 Å². The van der Waals surface area contributed by atoms with Gasteiger partial charge in [-0.15, -0.1) is 12.4 Å². The molecule has 6 rings (SSSR count). The van der Waals surface area contributed by atoms with Crippen molar-refractivity contribution in [2.24, 2.45) is 0 Å². The fourth-order valence-electron chi connectivity index (χ4n) is 5.13. The van der Waals surface area contributed by atoms with E-state index in [1.54, 1.807) is 17.2 Å². The van der Waals surface area contributed by atoms with Gasteiger partial charge in [0.05, 0.1) is 28.4 Å². The SMILES string of the molecule is Cl.O=C(c1ncc(Nc2ccc(F)c(Cl)c2)c2c1C1CCC2CC1)N1CCS(=O)(=O)CC1. The van der Waals surface area contributed by atoms with Crippen LogP contribution in [0, 0.1) is 5.82 Å². The number of aromatic nitrogens is 1. The van der Waals surface area contributed by atoms with Crippen LogP contribution >= 0.6 is 24.0 Å². The number of carbonyl (C=O) groups excluding carboxylic acids is 1. The first-order valence-electron chi connectivity index (χ1n) is 10.6. The van der Waals surface area contributed by atoms with Crippen molar-refractivity contribution >= 4 is 51.1 Å². The Morgan fingerprint density at radius 2 is 1.72 bits per heavy atom. The predicted molar refractivity (Wildman–Crippen MR) is 125 cm³/mol. The van der Waals surface area contributed by atoms with E-state index < -0.39 is 15.7 Å². The van der Waals surface area contributed by atoms with Gasteiger partial charge in [0.15, 0.2) is 9.84 Å². The summed E-state index contributed by atoms with van der Waals surface area (Å²) in [5, 5.41) is 3.37. The number of nitrogens with zero attached hydrogens (tertiary/aromatic N) is 2. The second-order valence-corrected chi connectivity index (χ2v) is 11.3. The number of fused-ring (bicyclic) bond motifs is 2. The summed E-state index contributed by atoms with van der Waals surface area (Å²) in [6.45, 7) is 0.416. The van der Waals surface area contributed by atoms with Crippen LogP contribution in [0.1, 0.15) is 59.1 Å². The zero-order valence-corrected chi connectivity index (χ0v) is 19.7. The maximum Gasteiger partial charge on any atom is 0.272 e. The van der Waals surface area contributed by atoms with Crippen molar-refractivity contribution in [3.05, 3.63) is 52.1 Å². The number of amides is 1. The lowest BCUT2D eigenvalue weighted by Gasteiger charge is -2.40. The van der Waals surface area contributed by atoms with E-state index in [-0.39, 0.29) is 53.8 Å². The van der Waals surface area contributed by atoms with Crippen LogP contribution in [0.3, 0.4) is 0 Å². The molecule has 0 atom stereocenters. The summed E-state index contributed by atoms with van der Waals surface area (Å²) in [7, 11) is -3.07. The second-order valence-electron chi connectivity index (χ2n) is 8.59. The summed E-state index contributed by atoms with van der Waals surface area (Å²) in [6.07, 6.45) is 5.86. The molecule has 1 aromatic heterocycles. The van der Waals surface area contributed by atoms with Crippen molar-refractivity contribution in [2.45, 2.75) is 37.5 Å². The Morgan fingerprint density at radius 3 is 2.34 bits per heavy atom. The van der Waals surface area contributed by atoms with E-state index in [1.807, 2.05) is 0 Å². The molecule has 1 saturated carbocycles. The van der Waals surface area contributed by atoms with Crippen LogP contribution in [-0.4, -0.2) is 48.8 Å². The lowest BCUT2D eigenvalue weighted by atomic mass is 9.66. The Kier molecular flexibility index (Phi) is 6.40. The van der Waals surface area contributed by atoms with Gasteiger partial charge in [-0.3, -0.25) is 4.79 Å². The summed E-state index contributed by atoms with van der Waals surface area (Å²) in [5.74, 6) is -0.0465. The summed E-state index contributed by atoms with van der Waals surface area (Å²) < 4.78 is 37.1. The molecule has 1 aromatic carbocycles. The maximum atomic E-state index is 13.5. The van der Waals surface area contributed by atoms with E-state index in [0.717, 1.165) is 42.5 Å². The van der Waals surface area contributed by atoms with Gasteiger partial charge in [0, 0.05) is 18.8 Å². The first-order valence-corrected chi connectivity index (χ1v) is 12.8. The summed E-state index contributed by atoms with van der Waals surface area (Å²) in [4.78, 5) is 19.5. The third-order valence-corrected chi connectivity index (χ3v) is 8.63. The molecule has 10 heteroatoms. The topological polar surface area (TPSA) is 79.4 Å².